The topological polar surface area (TPSA) is 4.93 Å². The third kappa shape index (κ3) is 1.37. The molecular weight excluding hydrogens is 201 g/mol. The van der Waals surface area contributed by atoms with Crippen LogP contribution in [0.3, 0.4) is 0 Å². The zero-order valence-electron chi connectivity index (χ0n) is 9.28. The number of aryl methyl sites for hydroxylation is 2. The van der Waals surface area contributed by atoms with Gasteiger partial charge in [0, 0.05) is 24.4 Å². The van der Waals surface area contributed by atoms with Gasteiger partial charge < -0.3 is 4.57 Å². The van der Waals surface area contributed by atoms with Gasteiger partial charge in [0.25, 0.3) is 0 Å². The normalized spacial score (nSPS) is 18.8. The van der Waals surface area contributed by atoms with Gasteiger partial charge in [-0.05, 0) is 42.7 Å². The minimum Gasteiger partial charge on any atom is -0.351 e. The van der Waals surface area contributed by atoms with Crippen LogP contribution in [0.15, 0.2) is 36.5 Å². The lowest BCUT2D eigenvalue weighted by molar-refractivity contribution is 0.626. The van der Waals surface area contributed by atoms with Crippen LogP contribution < -0.4 is 0 Å². The van der Waals surface area contributed by atoms with Gasteiger partial charge in [0.05, 0.1) is 0 Å². The second kappa shape index (κ2) is 3.48. The van der Waals surface area contributed by atoms with Crippen molar-refractivity contribution >= 4 is 0 Å². The number of benzene rings is 1. The summed E-state index contributed by atoms with van der Waals surface area (Å²) in [6.07, 6.45) is 3.27. The highest BCUT2D eigenvalue weighted by Crippen LogP contribution is 2.36. The Bertz CT molecular complexity index is 510. The molecule has 0 fully saturated rings. The fourth-order valence-corrected chi connectivity index (χ4v) is 2.69. The van der Waals surface area contributed by atoms with Crippen molar-refractivity contribution in [3.05, 3.63) is 59.2 Å². The lowest BCUT2D eigenvalue weighted by Gasteiger charge is -2.11. The molecule has 0 amide bonds. The van der Waals surface area contributed by atoms with Crippen molar-refractivity contribution in [1.82, 2.24) is 4.57 Å². The quantitative estimate of drug-likeness (QED) is 0.686. The van der Waals surface area contributed by atoms with E-state index in [1.165, 1.54) is 16.8 Å². The highest BCUT2D eigenvalue weighted by molar-refractivity contribution is 5.36. The molecule has 0 saturated carbocycles. The zero-order chi connectivity index (χ0) is 11.1. The van der Waals surface area contributed by atoms with Crippen molar-refractivity contribution in [2.75, 3.05) is 0 Å². The summed E-state index contributed by atoms with van der Waals surface area (Å²) in [6, 6.07) is 9.07. The molecule has 0 saturated heterocycles. The van der Waals surface area contributed by atoms with E-state index < -0.39 is 0 Å². The third-order valence-corrected chi connectivity index (χ3v) is 3.48. The van der Waals surface area contributed by atoms with Crippen molar-refractivity contribution in [2.24, 2.45) is 0 Å². The Balaban J connectivity index is 2.04. The first-order chi connectivity index (χ1) is 7.75. The van der Waals surface area contributed by atoms with E-state index in [2.05, 4.69) is 23.8 Å². The summed E-state index contributed by atoms with van der Waals surface area (Å²) in [5, 5.41) is 0. The maximum Gasteiger partial charge on any atom is 0.123 e. The minimum atomic E-state index is -0.158. The van der Waals surface area contributed by atoms with E-state index in [0.29, 0.717) is 5.92 Å². The lowest BCUT2D eigenvalue weighted by atomic mass is 9.93. The van der Waals surface area contributed by atoms with Crippen LogP contribution >= 0.6 is 0 Å². The Kier molecular flexibility index (Phi) is 2.10. The van der Waals surface area contributed by atoms with Crippen molar-refractivity contribution in [3.63, 3.8) is 0 Å². The van der Waals surface area contributed by atoms with E-state index in [4.69, 9.17) is 0 Å². The molecular formula is C14H14FN. The summed E-state index contributed by atoms with van der Waals surface area (Å²) in [5.41, 5.74) is 3.96. The Morgan fingerprint density at radius 3 is 2.69 bits per heavy atom. The molecule has 16 heavy (non-hydrogen) atoms. The number of hydrogen-bond acceptors (Lipinski definition) is 0. The predicted molar refractivity (Wildman–Crippen MR) is 62.0 cm³/mol. The standard InChI is InChI=1S/C14H14FN/c1-10-6-8-16-9-7-13(14(10)16)11-2-4-12(15)5-3-11/h2-6,8,13H,7,9H2,1H3. The molecule has 0 radical (unpaired) electrons. The first-order valence-corrected chi connectivity index (χ1v) is 5.67. The average molecular weight is 215 g/mol. The Labute approximate surface area is 94.5 Å². The lowest BCUT2D eigenvalue weighted by Crippen LogP contribution is -1.98. The van der Waals surface area contributed by atoms with Crippen molar-refractivity contribution in [3.8, 4) is 0 Å². The number of halogens is 1. The predicted octanol–water partition coefficient (Wildman–Crippen LogP) is 3.47. The molecule has 1 atom stereocenters. The number of hydrogen-bond donors (Lipinski definition) is 0. The SMILES string of the molecule is Cc1ccn2c1C(c1ccc(F)cc1)CC2. The fraction of sp³-hybridized carbons (Fsp3) is 0.286. The van der Waals surface area contributed by atoms with Crippen LogP contribution in [0.25, 0.3) is 0 Å². The Morgan fingerprint density at radius 2 is 1.94 bits per heavy atom. The van der Waals surface area contributed by atoms with E-state index in [1.807, 2.05) is 12.1 Å². The first-order valence-electron chi connectivity index (χ1n) is 5.67. The fourth-order valence-electron chi connectivity index (χ4n) is 2.69. The van der Waals surface area contributed by atoms with Crippen LogP contribution in [-0.4, -0.2) is 4.57 Å². The summed E-state index contributed by atoms with van der Waals surface area (Å²) in [5.74, 6) is 0.282. The maximum absolute atomic E-state index is 12.9. The second-order valence-corrected chi connectivity index (χ2v) is 4.47. The molecule has 1 aliphatic heterocycles. The summed E-state index contributed by atoms with van der Waals surface area (Å²) in [4.78, 5) is 0. The molecule has 2 aromatic rings. The molecule has 2 heterocycles. The molecule has 1 unspecified atom stereocenters. The first kappa shape index (κ1) is 9.64. The number of rotatable bonds is 1. The van der Waals surface area contributed by atoms with Gasteiger partial charge >= 0.3 is 0 Å². The molecule has 1 aromatic heterocycles. The van der Waals surface area contributed by atoms with Gasteiger partial charge in [-0.15, -0.1) is 0 Å². The molecule has 1 aromatic carbocycles. The molecule has 0 aliphatic carbocycles. The molecule has 3 rings (SSSR count). The van der Waals surface area contributed by atoms with E-state index in [-0.39, 0.29) is 5.82 Å². The maximum atomic E-state index is 12.9. The number of fused-ring (bicyclic) bond motifs is 1. The van der Waals surface area contributed by atoms with E-state index in [0.717, 1.165) is 13.0 Å². The van der Waals surface area contributed by atoms with Crippen molar-refractivity contribution in [1.29, 1.82) is 0 Å². The van der Waals surface area contributed by atoms with Crippen LogP contribution in [0.4, 0.5) is 4.39 Å². The van der Waals surface area contributed by atoms with Gasteiger partial charge in [-0.1, -0.05) is 12.1 Å². The summed E-state index contributed by atoms with van der Waals surface area (Å²) < 4.78 is 15.2. The Hall–Kier alpha value is -1.57. The van der Waals surface area contributed by atoms with Gasteiger partial charge in [-0.25, -0.2) is 4.39 Å². The minimum absolute atomic E-state index is 0.158. The summed E-state index contributed by atoms with van der Waals surface area (Å²) in [6.45, 7) is 3.22. The zero-order valence-corrected chi connectivity index (χ0v) is 9.28. The number of nitrogens with zero attached hydrogens (tertiary/aromatic N) is 1. The van der Waals surface area contributed by atoms with Gasteiger partial charge in [-0.3, -0.25) is 0 Å². The van der Waals surface area contributed by atoms with E-state index in [1.54, 1.807) is 12.1 Å². The van der Waals surface area contributed by atoms with Gasteiger partial charge in [-0.2, -0.15) is 0 Å². The molecule has 82 valence electrons. The smallest absolute Gasteiger partial charge is 0.123 e. The average Bonchev–Trinajstić information content (AvgIpc) is 2.84. The third-order valence-electron chi connectivity index (χ3n) is 3.48. The van der Waals surface area contributed by atoms with Crippen LogP contribution in [0.1, 0.15) is 29.2 Å². The highest BCUT2D eigenvalue weighted by Gasteiger charge is 2.25. The second-order valence-electron chi connectivity index (χ2n) is 4.47. The largest absolute Gasteiger partial charge is 0.351 e. The van der Waals surface area contributed by atoms with E-state index >= 15 is 0 Å². The molecule has 0 bridgehead atoms. The van der Waals surface area contributed by atoms with Crippen molar-refractivity contribution < 1.29 is 4.39 Å². The highest BCUT2D eigenvalue weighted by atomic mass is 19.1. The van der Waals surface area contributed by atoms with Crippen LogP contribution in [0, 0.1) is 12.7 Å². The van der Waals surface area contributed by atoms with Crippen molar-refractivity contribution in [2.45, 2.75) is 25.8 Å². The summed E-state index contributed by atoms with van der Waals surface area (Å²) in [7, 11) is 0. The molecule has 1 nitrogen and oxygen atoms in total. The molecule has 1 aliphatic rings. The van der Waals surface area contributed by atoms with E-state index in [9.17, 15) is 4.39 Å². The molecule has 2 heteroatoms. The molecule has 0 spiro atoms. The number of aromatic nitrogens is 1. The van der Waals surface area contributed by atoms with Gasteiger partial charge in [0.15, 0.2) is 0 Å². The van der Waals surface area contributed by atoms with Crippen LogP contribution in [0.2, 0.25) is 0 Å². The Morgan fingerprint density at radius 1 is 1.19 bits per heavy atom. The van der Waals surface area contributed by atoms with Crippen LogP contribution in [-0.2, 0) is 6.54 Å². The summed E-state index contributed by atoms with van der Waals surface area (Å²) >= 11 is 0. The van der Waals surface area contributed by atoms with Gasteiger partial charge in [0.2, 0.25) is 0 Å². The van der Waals surface area contributed by atoms with Crippen LogP contribution in [0.5, 0.6) is 0 Å². The monoisotopic (exact) mass is 215 g/mol. The molecule has 0 N–H and O–H groups in total. The van der Waals surface area contributed by atoms with Gasteiger partial charge in [0.1, 0.15) is 5.82 Å².